The molecule has 0 saturated heterocycles. The smallest absolute Gasteiger partial charge is 0.137 e. The zero-order valence-electron chi connectivity index (χ0n) is 10.4. The molecule has 19 heavy (non-hydrogen) atoms. The van der Waals surface area contributed by atoms with Crippen LogP contribution in [0.15, 0.2) is 23.3 Å². The maximum absolute atomic E-state index is 11.3. The number of hydrogen-bond donors (Lipinski definition) is 2. The Morgan fingerprint density at radius 1 is 1.32 bits per heavy atom. The van der Waals surface area contributed by atoms with Gasteiger partial charge >= 0.3 is 0 Å². The lowest BCUT2D eigenvalue weighted by Gasteiger charge is -2.20. The second kappa shape index (κ2) is 5.84. The van der Waals surface area contributed by atoms with E-state index >= 15 is 0 Å². The van der Waals surface area contributed by atoms with Crippen molar-refractivity contribution in [3.63, 3.8) is 0 Å². The lowest BCUT2D eigenvalue weighted by Crippen LogP contribution is -2.22. The van der Waals surface area contributed by atoms with Crippen LogP contribution in [0.2, 0.25) is 0 Å². The lowest BCUT2D eigenvalue weighted by atomic mass is 9.88. The normalized spacial score (nSPS) is 17.3. The number of hydrogen-bond acceptors (Lipinski definition) is 4. The van der Waals surface area contributed by atoms with Crippen LogP contribution in [0.5, 0.6) is 0 Å². The Hall–Kier alpha value is -1.88. The van der Waals surface area contributed by atoms with E-state index < -0.39 is 12.2 Å². The summed E-state index contributed by atoms with van der Waals surface area (Å²) in [5.74, 6) is 0.226. The minimum Gasteiger partial charge on any atom is -0.390 e. The fourth-order valence-electron chi connectivity index (χ4n) is 2.25. The molecular formula is C13H15N3O3. The fourth-order valence-corrected chi connectivity index (χ4v) is 2.25. The van der Waals surface area contributed by atoms with Gasteiger partial charge in [-0.2, -0.15) is 0 Å². The minimum absolute atomic E-state index is 0.173. The van der Waals surface area contributed by atoms with Crippen LogP contribution in [0.1, 0.15) is 29.2 Å². The molecule has 0 aliphatic heterocycles. The molecule has 2 rings (SSSR count). The average Bonchev–Trinajstić information content (AvgIpc) is 2.43. The van der Waals surface area contributed by atoms with Gasteiger partial charge in [-0.15, -0.1) is 0 Å². The number of carbonyl (C=O) groups is 1. The number of carbonyl (C=O) groups excluding carboxylic acids is 1. The Kier molecular flexibility index (Phi) is 4.16. The molecule has 1 aliphatic carbocycles. The Balaban J connectivity index is 2.17. The number of nitrogens with zero attached hydrogens (tertiary/aromatic N) is 3. The summed E-state index contributed by atoms with van der Waals surface area (Å²) in [5.41, 5.74) is 10.8. The number of benzene rings is 1. The first-order chi connectivity index (χ1) is 9.11. The summed E-state index contributed by atoms with van der Waals surface area (Å²) < 4.78 is 0. The van der Waals surface area contributed by atoms with E-state index in [-0.39, 0.29) is 12.3 Å². The first-order valence-electron chi connectivity index (χ1n) is 6.12. The molecule has 0 saturated carbocycles. The molecule has 0 aromatic heterocycles. The highest BCUT2D eigenvalue weighted by molar-refractivity contribution is 5.83. The molecule has 0 fully saturated rings. The number of aliphatic hydroxyl groups excluding tert-OH is 2. The van der Waals surface area contributed by atoms with Gasteiger partial charge in [0.05, 0.1) is 12.6 Å². The second-order valence-corrected chi connectivity index (χ2v) is 4.67. The lowest BCUT2D eigenvalue weighted by molar-refractivity contribution is -0.118. The van der Waals surface area contributed by atoms with E-state index in [1.807, 2.05) is 12.1 Å². The maximum atomic E-state index is 11.3. The summed E-state index contributed by atoms with van der Waals surface area (Å²) in [5, 5.41) is 22.9. The Bertz CT molecular complexity index is 538. The molecule has 0 bridgehead atoms. The first-order valence-corrected chi connectivity index (χ1v) is 6.12. The molecule has 2 atom stereocenters. The van der Waals surface area contributed by atoms with Crippen LogP contribution in [0.3, 0.4) is 0 Å². The monoisotopic (exact) mass is 261 g/mol. The van der Waals surface area contributed by atoms with Crippen molar-refractivity contribution in [1.29, 1.82) is 0 Å². The van der Waals surface area contributed by atoms with Gasteiger partial charge in [-0.25, -0.2) is 0 Å². The highest BCUT2D eigenvalue weighted by Crippen LogP contribution is 2.25. The van der Waals surface area contributed by atoms with Crippen molar-refractivity contribution in [2.75, 3.05) is 6.54 Å². The zero-order chi connectivity index (χ0) is 13.8. The van der Waals surface area contributed by atoms with Crippen LogP contribution >= 0.6 is 0 Å². The van der Waals surface area contributed by atoms with E-state index in [2.05, 4.69) is 10.0 Å². The van der Waals surface area contributed by atoms with Crippen LogP contribution in [0.4, 0.5) is 0 Å². The Morgan fingerprint density at radius 2 is 2.11 bits per heavy atom. The molecule has 6 nitrogen and oxygen atoms in total. The third kappa shape index (κ3) is 3.12. The van der Waals surface area contributed by atoms with E-state index in [0.29, 0.717) is 24.8 Å². The van der Waals surface area contributed by atoms with Crippen molar-refractivity contribution >= 4 is 5.78 Å². The number of aliphatic hydroxyl groups is 2. The minimum atomic E-state index is -1.13. The number of aryl methyl sites for hydroxylation is 1. The number of azide groups is 1. The van der Waals surface area contributed by atoms with Gasteiger partial charge < -0.3 is 10.2 Å². The molecule has 0 spiro atoms. The fraction of sp³-hybridized carbons (Fsp3) is 0.462. The van der Waals surface area contributed by atoms with E-state index in [9.17, 15) is 15.0 Å². The van der Waals surface area contributed by atoms with Crippen molar-refractivity contribution in [3.05, 3.63) is 45.3 Å². The van der Waals surface area contributed by atoms with Crippen molar-refractivity contribution in [2.45, 2.75) is 31.5 Å². The summed E-state index contributed by atoms with van der Waals surface area (Å²) in [4.78, 5) is 13.9. The van der Waals surface area contributed by atoms with Gasteiger partial charge in [-0.05, 0) is 28.6 Å². The van der Waals surface area contributed by atoms with E-state index in [4.69, 9.17) is 5.53 Å². The van der Waals surface area contributed by atoms with Gasteiger partial charge in [0.1, 0.15) is 11.9 Å². The summed E-state index contributed by atoms with van der Waals surface area (Å²) >= 11 is 0. The molecule has 100 valence electrons. The molecular weight excluding hydrogens is 246 g/mol. The van der Waals surface area contributed by atoms with Gasteiger partial charge in [-0.1, -0.05) is 23.3 Å². The van der Waals surface area contributed by atoms with Gasteiger partial charge in [0.25, 0.3) is 0 Å². The van der Waals surface area contributed by atoms with Crippen molar-refractivity contribution in [1.82, 2.24) is 0 Å². The van der Waals surface area contributed by atoms with E-state index in [1.165, 1.54) is 0 Å². The third-order valence-corrected chi connectivity index (χ3v) is 3.33. The molecule has 1 aliphatic rings. The topological polar surface area (TPSA) is 106 Å². The van der Waals surface area contributed by atoms with Crippen LogP contribution in [-0.4, -0.2) is 28.6 Å². The quantitative estimate of drug-likeness (QED) is 0.486. The summed E-state index contributed by atoms with van der Waals surface area (Å²) in [7, 11) is 0. The standard InChI is InChI=1S/C13H15N3O3/c14-16-15-7-12(18)13(19)10-2-1-9-6-11(17)4-3-8(9)5-10/h1-2,5,12-13,18-19H,3-4,6-7H2. The number of ketones is 1. The van der Waals surface area contributed by atoms with Crippen molar-refractivity contribution in [3.8, 4) is 0 Å². The SMILES string of the molecule is [N-]=[N+]=NCC(O)C(O)c1ccc2c(c1)CCC(=O)C2. The molecule has 2 N–H and O–H groups in total. The third-order valence-electron chi connectivity index (χ3n) is 3.33. The van der Waals surface area contributed by atoms with Gasteiger partial charge in [0.15, 0.2) is 0 Å². The molecule has 0 heterocycles. The van der Waals surface area contributed by atoms with E-state index in [1.54, 1.807) is 6.07 Å². The van der Waals surface area contributed by atoms with Crippen LogP contribution in [-0.2, 0) is 17.6 Å². The van der Waals surface area contributed by atoms with Crippen molar-refractivity contribution in [2.24, 2.45) is 5.11 Å². The van der Waals surface area contributed by atoms with Gasteiger partial charge in [0, 0.05) is 17.8 Å². The summed E-state index contributed by atoms with van der Waals surface area (Å²) in [6.07, 6.45) is -0.588. The maximum Gasteiger partial charge on any atom is 0.137 e. The Morgan fingerprint density at radius 3 is 2.84 bits per heavy atom. The Labute approximate surface area is 110 Å². The van der Waals surface area contributed by atoms with Crippen molar-refractivity contribution < 1.29 is 15.0 Å². The average molecular weight is 261 g/mol. The van der Waals surface area contributed by atoms with Crippen LogP contribution < -0.4 is 0 Å². The van der Waals surface area contributed by atoms with Gasteiger partial charge in [0.2, 0.25) is 0 Å². The van der Waals surface area contributed by atoms with Crippen LogP contribution in [0, 0.1) is 0 Å². The predicted molar refractivity (Wildman–Crippen MR) is 68.5 cm³/mol. The largest absolute Gasteiger partial charge is 0.390 e. The first kappa shape index (κ1) is 13.5. The molecule has 1 aromatic carbocycles. The second-order valence-electron chi connectivity index (χ2n) is 4.67. The molecule has 6 heteroatoms. The number of Topliss-reactive ketones (excluding diaryl/α,β-unsaturated/α-hetero) is 1. The highest BCUT2D eigenvalue weighted by atomic mass is 16.3. The molecule has 0 radical (unpaired) electrons. The van der Waals surface area contributed by atoms with Gasteiger partial charge in [-0.3, -0.25) is 4.79 Å². The summed E-state index contributed by atoms with van der Waals surface area (Å²) in [6, 6.07) is 5.32. The predicted octanol–water partition coefficient (Wildman–Crippen LogP) is 1.45. The number of fused-ring (bicyclic) bond motifs is 1. The molecule has 2 unspecified atom stereocenters. The highest BCUT2D eigenvalue weighted by Gasteiger charge is 2.21. The van der Waals surface area contributed by atoms with E-state index in [0.717, 1.165) is 11.1 Å². The summed E-state index contributed by atoms with van der Waals surface area (Å²) in [6.45, 7) is -0.173. The van der Waals surface area contributed by atoms with Crippen LogP contribution in [0.25, 0.3) is 10.4 Å². The number of rotatable bonds is 4. The zero-order valence-corrected chi connectivity index (χ0v) is 10.4. The molecule has 0 amide bonds. The molecule has 1 aromatic rings.